The summed E-state index contributed by atoms with van der Waals surface area (Å²) in [7, 11) is 7.44. The molecule has 5 rings (SSSR count). The molecule has 0 saturated carbocycles. The average Bonchev–Trinajstić information content (AvgIpc) is 3.69. The molecule has 0 aliphatic carbocycles. The molecule has 0 fully saturated rings. The van der Waals surface area contributed by atoms with Gasteiger partial charge in [0.05, 0.1) is 67.8 Å². The number of nitrogens with one attached hydrogen (secondary N) is 1. The van der Waals surface area contributed by atoms with Gasteiger partial charge in [0.1, 0.15) is 23.8 Å². The Morgan fingerprint density at radius 2 is 1.82 bits per heavy atom. The molecule has 2 aromatic carbocycles. The maximum Gasteiger partial charge on any atom is 0.416 e. The van der Waals surface area contributed by atoms with E-state index in [9.17, 15) is 28.0 Å². The summed E-state index contributed by atoms with van der Waals surface area (Å²) in [6.07, 6.45) is -1.61. The number of rotatable bonds is 8. The lowest BCUT2D eigenvalue weighted by molar-refractivity contribution is -0.884. The summed E-state index contributed by atoms with van der Waals surface area (Å²) < 4.78 is 51.1. The van der Waals surface area contributed by atoms with Crippen LogP contribution in [0.3, 0.4) is 0 Å². The highest BCUT2D eigenvalue weighted by atomic mass is 19.4. The van der Waals surface area contributed by atoms with E-state index in [1.54, 1.807) is 43.5 Å². The number of hydrogen-bond acceptors (Lipinski definition) is 6. The third-order valence-electron chi connectivity index (χ3n) is 6.96. The second-order valence-electron chi connectivity index (χ2n) is 11.5. The van der Waals surface area contributed by atoms with Crippen LogP contribution < -0.4 is 10.9 Å². The zero-order chi connectivity index (χ0) is 32.7. The van der Waals surface area contributed by atoms with Crippen molar-refractivity contribution in [2.24, 2.45) is 7.05 Å². The van der Waals surface area contributed by atoms with Crippen LogP contribution in [-0.2, 0) is 19.8 Å². The Hall–Kier alpha value is -5.42. The van der Waals surface area contributed by atoms with Crippen molar-refractivity contribution in [2.75, 3.05) is 21.1 Å². The summed E-state index contributed by atoms with van der Waals surface area (Å²) in [4.78, 5) is 32.2. The number of benzene rings is 2. The Labute approximate surface area is 255 Å². The van der Waals surface area contributed by atoms with Crippen molar-refractivity contribution in [1.82, 2.24) is 29.4 Å². The van der Waals surface area contributed by atoms with Crippen molar-refractivity contribution in [1.29, 1.82) is 5.26 Å². The van der Waals surface area contributed by atoms with Crippen molar-refractivity contribution < 1.29 is 26.9 Å². The quantitative estimate of drug-likeness (QED) is 0.253. The highest BCUT2D eigenvalue weighted by Gasteiger charge is 2.33. The number of alkyl halides is 3. The maximum absolute atomic E-state index is 14.0. The predicted molar refractivity (Wildman–Crippen MR) is 157 cm³/mol. The summed E-state index contributed by atoms with van der Waals surface area (Å²) in [5.74, 6) is 0.0464. The molecule has 0 spiro atoms. The number of aromatic nitrogens is 5. The second kappa shape index (κ2) is 11.6. The fourth-order valence-corrected chi connectivity index (χ4v) is 4.97. The number of carbonyl (C=O) groups excluding carboxylic acids is 1. The SMILES string of the molecule is C[C@H](NC(=O)c1c(-c2ccnn2-c2ccc(C#N)cc2)n(C)n(-c2cccc(C(F)(F)F)c2)c1=O)c1ncc(C[N+](C)(C)C)o1. The fraction of sp³-hybridized carbons (Fsp3) is 0.258. The van der Waals surface area contributed by atoms with Crippen LogP contribution in [0.25, 0.3) is 22.8 Å². The van der Waals surface area contributed by atoms with Crippen LogP contribution in [0, 0.1) is 11.3 Å². The maximum atomic E-state index is 14.0. The molecule has 14 heteroatoms. The van der Waals surface area contributed by atoms with Crippen LogP contribution >= 0.6 is 0 Å². The number of quaternary nitrogens is 1. The van der Waals surface area contributed by atoms with Crippen LogP contribution in [0.2, 0.25) is 0 Å². The van der Waals surface area contributed by atoms with Gasteiger partial charge in [0, 0.05) is 7.05 Å². The van der Waals surface area contributed by atoms with Gasteiger partial charge in [0.25, 0.3) is 11.5 Å². The number of amides is 1. The number of halogens is 3. The van der Waals surface area contributed by atoms with Crippen molar-refractivity contribution in [3.63, 3.8) is 0 Å². The smallest absolute Gasteiger partial charge is 0.416 e. The molecular formula is C31H30F3N8O3+. The van der Waals surface area contributed by atoms with Crippen molar-refractivity contribution in [2.45, 2.75) is 25.7 Å². The summed E-state index contributed by atoms with van der Waals surface area (Å²) in [5, 5.41) is 16.3. The molecule has 45 heavy (non-hydrogen) atoms. The minimum absolute atomic E-state index is 0.0900. The number of nitriles is 1. The molecular weight excluding hydrogens is 589 g/mol. The molecule has 0 aliphatic rings. The largest absolute Gasteiger partial charge is 0.437 e. The molecule has 0 aliphatic heterocycles. The molecule has 3 heterocycles. The Morgan fingerprint density at radius 3 is 2.47 bits per heavy atom. The third-order valence-corrected chi connectivity index (χ3v) is 6.96. The van der Waals surface area contributed by atoms with Gasteiger partial charge in [-0.3, -0.25) is 14.3 Å². The highest BCUT2D eigenvalue weighted by Crippen LogP contribution is 2.31. The third kappa shape index (κ3) is 6.29. The fourth-order valence-electron chi connectivity index (χ4n) is 4.97. The zero-order valence-corrected chi connectivity index (χ0v) is 25.1. The molecule has 5 aromatic rings. The van der Waals surface area contributed by atoms with E-state index in [4.69, 9.17) is 4.42 Å². The minimum Gasteiger partial charge on any atom is -0.437 e. The first-order valence-corrected chi connectivity index (χ1v) is 13.8. The molecule has 11 nitrogen and oxygen atoms in total. The Kier molecular flexibility index (Phi) is 7.99. The number of hydrogen-bond donors (Lipinski definition) is 1. The number of nitrogens with zero attached hydrogens (tertiary/aromatic N) is 7. The lowest BCUT2D eigenvalue weighted by atomic mass is 10.1. The Morgan fingerprint density at radius 1 is 1.11 bits per heavy atom. The Balaban J connectivity index is 1.63. The minimum atomic E-state index is -4.65. The van der Waals surface area contributed by atoms with E-state index in [0.29, 0.717) is 33.7 Å². The van der Waals surface area contributed by atoms with Crippen LogP contribution in [-0.4, -0.2) is 55.7 Å². The normalized spacial score (nSPS) is 12.6. The molecule has 1 atom stereocenters. The molecule has 232 valence electrons. The Bertz CT molecular complexity index is 1970. The first kappa shape index (κ1) is 31.0. The molecule has 0 bridgehead atoms. The standard InChI is InChI=1S/C31H29F3N8O3/c1-19(29-36-17-24(45-29)18-42(3,4)5)38-28(43)26-27(25-13-14-37-40(25)22-11-9-20(16-35)10-12-22)39(2)41(30(26)44)23-8-6-7-21(15-23)31(32,33)34/h6-15,17,19H,18H2,1-5H3/p+1/t19-/m0/s1. The summed E-state index contributed by atoms with van der Waals surface area (Å²) in [6.45, 7) is 2.20. The molecule has 0 unspecified atom stereocenters. The molecule has 3 aromatic heterocycles. The van der Waals surface area contributed by atoms with Gasteiger partial charge in [0.2, 0.25) is 5.89 Å². The van der Waals surface area contributed by atoms with Crippen molar-refractivity contribution in [3.8, 4) is 28.8 Å². The van der Waals surface area contributed by atoms with Crippen LogP contribution in [0.4, 0.5) is 13.2 Å². The van der Waals surface area contributed by atoms with Crippen LogP contribution in [0.15, 0.2) is 76.2 Å². The second-order valence-corrected chi connectivity index (χ2v) is 11.5. The summed E-state index contributed by atoms with van der Waals surface area (Å²) in [5.41, 5.74) is -0.861. The number of oxazole rings is 1. The lowest BCUT2D eigenvalue weighted by Crippen LogP contribution is -2.33. The summed E-state index contributed by atoms with van der Waals surface area (Å²) >= 11 is 0. The van der Waals surface area contributed by atoms with E-state index < -0.39 is 29.2 Å². The van der Waals surface area contributed by atoms with Gasteiger partial charge >= 0.3 is 6.18 Å². The van der Waals surface area contributed by atoms with Gasteiger partial charge in [-0.05, 0) is 55.5 Å². The van der Waals surface area contributed by atoms with Gasteiger partial charge in [-0.1, -0.05) is 6.07 Å². The van der Waals surface area contributed by atoms with E-state index in [2.05, 4.69) is 15.4 Å². The highest BCUT2D eigenvalue weighted by molar-refractivity contribution is 6.00. The lowest BCUT2D eigenvalue weighted by Gasteiger charge is -2.21. The molecule has 1 N–H and O–H groups in total. The van der Waals surface area contributed by atoms with Gasteiger partial charge in [-0.15, -0.1) is 0 Å². The average molecular weight is 620 g/mol. The van der Waals surface area contributed by atoms with Gasteiger partial charge < -0.3 is 14.2 Å². The number of carbonyl (C=O) groups is 1. The van der Waals surface area contributed by atoms with E-state index in [-0.39, 0.29) is 22.8 Å². The van der Waals surface area contributed by atoms with Crippen molar-refractivity contribution in [3.05, 3.63) is 106 Å². The summed E-state index contributed by atoms with van der Waals surface area (Å²) in [6, 6.07) is 13.6. The molecule has 0 saturated heterocycles. The van der Waals surface area contributed by atoms with E-state index in [0.717, 1.165) is 16.8 Å². The first-order valence-electron chi connectivity index (χ1n) is 13.8. The van der Waals surface area contributed by atoms with Crippen molar-refractivity contribution >= 4 is 5.91 Å². The van der Waals surface area contributed by atoms with Gasteiger partial charge in [0.15, 0.2) is 5.76 Å². The predicted octanol–water partition coefficient (Wildman–Crippen LogP) is 4.60. The zero-order valence-electron chi connectivity index (χ0n) is 25.1. The van der Waals surface area contributed by atoms with Crippen LogP contribution in [0.5, 0.6) is 0 Å². The van der Waals surface area contributed by atoms with Gasteiger partial charge in [-0.25, -0.2) is 14.3 Å². The van der Waals surface area contributed by atoms with E-state index in [1.807, 2.05) is 27.2 Å². The molecule has 0 radical (unpaired) electrons. The topological polar surface area (TPSA) is 124 Å². The van der Waals surface area contributed by atoms with Gasteiger partial charge in [-0.2, -0.15) is 23.5 Å². The van der Waals surface area contributed by atoms with E-state index in [1.165, 1.54) is 34.7 Å². The molecule has 1 amide bonds. The monoisotopic (exact) mass is 619 g/mol. The van der Waals surface area contributed by atoms with E-state index >= 15 is 0 Å². The van der Waals surface area contributed by atoms with Crippen LogP contribution in [0.1, 0.15) is 46.1 Å². The first-order chi connectivity index (χ1) is 21.2.